The van der Waals surface area contributed by atoms with Gasteiger partial charge in [0.1, 0.15) is 5.60 Å². The van der Waals surface area contributed by atoms with Crippen LogP contribution >= 0.6 is 0 Å². The number of aromatic amines is 1. The normalized spacial score (nSPS) is 28.1. The van der Waals surface area contributed by atoms with E-state index in [0.29, 0.717) is 6.42 Å². The zero-order valence-electron chi connectivity index (χ0n) is 14.6. The molecule has 25 heavy (non-hydrogen) atoms. The summed E-state index contributed by atoms with van der Waals surface area (Å²) >= 11 is 0. The molecular weight excluding hydrogens is 314 g/mol. The Hall–Kier alpha value is -2.14. The quantitative estimate of drug-likeness (QED) is 0.803. The lowest BCUT2D eigenvalue weighted by atomic mass is 9.77. The van der Waals surface area contributed by atoms with Crippen LogP contribution in [0.4, 0.5) is 0 Å². The fourth-order valence-corrected chi connectivity index (χ4v) is 4.49. The molecule has 4 rings (SSSR count). The average Bonchev–Trinajstić information content (AvgIpc) is 3.10. The van der Waals surface area contributed by atoms with E-state index < -0.39 is 5.60 Å². The van der Waals surface area contributed by atoms with Gasteiger partial charge in [-0.15, -0.1) is 0 Å². The Balaban J connectivity index is 1.46. The van der Waals surface area contributed by atoms with Crippen LogP contribution in [0.1, 0.15) is 54.5 Å². The average molecular weight is 339 g/mol. The third-order valence-electron chi connectivity index (χ3n) is 6.00. The highest BCUT2D eigenvalue weighted by Crippen LogP contribution is 2.37. The summed E-state index contributed by atoms with van der Waals surface area (Å²) in [5, 5.41) is 21.3. The van der Waals surface area contributed by atoms with Crippen molar-refractivity contribution in [3.05, 3.63) is 52.8 Å². The predicted octanol–water partition coefficient (Wildman–Crippen LogP) is 2.42. The standard InChI is InChI=1S/C20H25N3O2/c1-13-15(8-9-18-16(13)11-22-23-18)19(24)21-12-20(25)10-4-6-14-5-2-3-7-17(14)20/h2-3,5,7,11,13,15,25H,4,6,8-10,12H2,1H3,(H,21,24)(H,22,23). The molecule has 1 aromatic heterocycles. The number of H-pyrrole nitrogens is 1. The number of rotatable bonds is 3. The number of aryl methyl sites for hydroxylation is 2. The van der Waals surface area contributed by atoms with Gasteiger partial charge in [0.25, 0.3) is 0 Å². The molecule has 0 fully saturated rings. The van der Waals surface area contributed by atoms with Gasteiger partial charge in [0.05, 0.1) is 12.7 Å². The highest BCUT2D eigenvalue weighted by atomic mass is 16.3. The number of hydrogen-bond acceptors (Lipinski definition) is 3. The van der Waals surface area contributed by atoms with Gasteiger partial charge in [-0.25, -0.2) is 0 Å². The first-order valence-corrected chi connectivity index (χ1v) is 9.19. The molecule has 0 saturated heterocycles. The minimum absolute atomic E-state index is 0.0378. The molecule has 2 aliphatic carbocycles. The molecule has 2 aliphatic rings. The van der Waals surface area contributed by atoms with E-state index in [2.05, 4.69) is 28.5 Å². The number of nitrogens with zero attached hydrogens (tertiary/aromatic N) is 1. The number of aromatic nitrogens is 2. The van der Waals surface area contributed by atoms with E-state index in [-0.39, 0.29) is 24.3 Å². The molecule has 0 radical (unpaired) electrons. The van der Waals surface area contributed by atoms with Crippen molar-refractivity contribution < 1.29 is 9.90 Å². The Morgan fingerprint density at radius 1 is 1.40 bits per heavy atom. The molecule has 0 spiro atoms. The molecule has 0 aliphatic heterocycles. The highest BCUT2D eigenvalue weighted by molar-refractivity contribution is 5.80. The number of hydrogen-bond donors (Lipinski definition) is 3. The molecular formula is C20H25N3O2. The second-order valence-corrected chi connectivity index (χ2v) is 7.50. The van der Waals surface area contributed by atoms with Crippen LogP contribution in [0.5, 0.6) is 0 Å². The van der Waals surface area contributed by atoms with E-state index in [4.69, 9.17) is 0 Å². The maximum atomic E-state index is 12.8. The van der Waals surface area contributed by atoms with Crippen molar-refractivity contribution in [3.63, 3.8) is 0 Å². The van der Waals surface area contributed by atoms with Crippen LogP contribution in [0.2, 0.25) is 0 Å². The Labute approximate surface area is 147 Å². The second kappa shape index (κ2) is 6.30. The largest absolute Gasteiger partial charge is 0.383 e. The molecule has 1 amide bonds. The Bertz CT molecular complexity index is 785. The summed E-state index contributed by atoms with van der Waals surface area (Å²) in [6.07, 6.45) is 6.14. The van der Waals surface area contributed by atoms with Gasteiger partial charge in [-0.2, -0.15) is 5.10 Å². The van der Waals surface area contributed by atoms with Crippen LogP contribution in [-0.2, 0) is 23.2 Å². The molecule has 132 valence electrons. The minimum Gasteiger partial charge on any atom is -0.383 e. The van der Waals surface area contributed by atoms with Crippen LogP contribution in [0.3, 0.4) is 0 Å². The first-order valence-electron chi connectivity index (χ1n) is 9.19. The van der Waals surface area contributed by atoms with Crippen molar-refractivity contribution in [2.45, 2.75) is 50.5 Å². The van der Waals surface area contributed by atoms with Gasteiger partial charge in [0.2, 0.25) is 5.91 Å². The lowest BCUT2D eigenvalue weighted by Gasteiger charge is -2.35. The summed E-state index contributed by atoms with van der Waals surface area (Å²) in [7, 11) is 0. The van der Waals surface area contributed by atoms with Crippen molar-refractivity contribution in [1.29, 1.82) is 0 Å². The molecule has 0 bridgehead atoms. The fourth-order valence-electron chi connectivity index (χ4n) is 4.49. The van der Waals surface area contributed by atoms with Gasteiger partial charge in [-0.3, -0.25) is 9.89 Å². The number of amides is 1. The highest BCUT2D eigenvalue weighted by Gasteiger charge is 2.37. The summed E-state index contributed by atoms with van der Waals surface area (Å²) in [6, 6.07) is 8.03. The topological polar surface area (TPSA) is 78.0 Å². The van der Waals surface area contributed by atoms with E-state index in [1.807, 2.05) is 24.4 Å². The monoisotopic (exact) mass is 339 g/mol. The lowest BCUT2D eigenvalue weighted by Crippen LogP contribution is -2.45. The van der Waals surface area contributed by atoms with Gasteiger partial charge >= 0.3 is 0 Å². The first-order chi connectivity index (χ1) is 12.1. The molecule has 3 N–H and O–H groups in total. The van der Waals surface area contributed by atoms with Crippen LogP contribution in [0.15, 0.2) is 30.5 Å². The predicted molar refractivity (Wildman–Crippen MR) is 95.1 cm³/mol. The molecule has 3 atom stereocenters. The molecule has 3 unspecified atom stereocenters. The van der Waals surface area contributed by atoms with Crippen molar-refractivity contribution in [1.82, 2.24) is 15.5 Å². The first kappa shape index (κ1) is 16.3. The Morgan fingerprint density at radius 3 is 3.12 bits per heavy atom. The second-order valence-electron chi connectivity index (χ2n) is 7.50. The SMILES string of the molecule is CC1c2cn[nH]c2CCC1C(=O)NCC1(O)CCCc2ccccc21. The third-order valence-corrected chi connectivity index (χ3v) is 6.00. The molecule has 5 nitrogen and oxygen atoms in total. The smallest absolute Gasteiger partial charge is 0.223 e. The van der Waals surface area contributed by atoms with E-state index in [1.165, 1.54) is 5.56 Å². The Kier molecular flexibility index (Phi) is 4.12. The van der Waals surface area contributed by atoms with Crippen LogP contribution < -0.4 is 5.32 Å². The number of carbonyl (C=O) groups excluding carboxylic acids is 1. The van der Waals surface area contributed by atoms with Gasteiger partial charge in [-0.05, 0) is 54.7 Å². The number of fused-ring (bicyclic) bond motifs is 2. The Morgan fingerprint density at radius 2 is 2.24 bits per heavy atom. The molecule has 5 heteroatoms. The summed E-state index contributed by atoms with van der Waals surface area (Å²) in [5.41, 5.74) is 3.50. The number of benzene rings is 1. The zero-order chi connectivity index (χ0) is 17.4. The number of aliphatic hydroxyl groups is 1. The van der Waals surface area contributed by atoms with E-state index in [0.717, 1.165) is 42.5 Å². The van der Waals surface area contributed by atoms with E-state index in [9.17, 15) is 9.90 Å². The molecule has 2 aromatic rings. The van der Waals surface area contributed by atoms with Crippen molar-refractivity contribution in [2.75, 3.05) is 6.54 Å². The summed E-state index contributed by atoms with van der Waals surface area (Å²) in [5.74, 6) is 0.124. The van der Waals surface area contributed by atoms with Crippen LogP contribution in [0.25, 0.3) is 0 Å². The number of nitrogens with one attached hydrogen (secondary N) is 2. The van der Waals surface area contributed by atoms with Crippen molar-refractivity contribution in [3.8, 4) is 0 Å². The zero-order valence-corrected chi connectivity index (χ0v) is 14.6. The minimum atomic E-state index is -0.955. The van der Waals surface area contributed by atoms with Gasteiger partial charge in [0.15, 0.2) is 0 Å². The molecule has 1 heterocycles. The van der Waals surface area contributed by atoms with Gasteiger partial charge in [-0.1, -0.05) is 31.2 Å². The molecule has 0 saturated carbocycles. The molecule has 1 aromatic carbocycles. The van der Waals surface area contributed by atoms with Crippen LogP contribution in [-0.4, -0.2) is 27.8 Å². The van der Waals surface area contributed by atoms with Crippen molar-refractivity contribution >= 4 is 5.91 Å². The lowest BCUT2D eigenvalue weighted by molar-refractivity contribution is -0.127. The maximum absolute atomic E-state index is 12.8. The van der Waals surface area contributed by atoms with Gasteiger partial charge in [0, 0.05) is 11.6 Å². The summed E-state index contributed by atoms with van der Waals surface area (Å²) in [4.78, 5) is 12.8. The summed E-state index contributed by atoms with van der Waals surface area (Å²) < 4.78 is 0. The maximum Gasteiger partial charge on any atom is 0.223 e. The summed E-state index contributed by atoms with van der Waals surface area (Å²) in [6.45, 7) is 2.37. The van der Waals surface area contributed by atoms with E-state index in [1.54, 1.807) is 0 Å². The third kappa shape index (κ3) is 2.86. The number of carbonyl (C=O) groups is 1. The van der Waals surface area contributed by atoms with Gasteiger partial charge < -0.3 is 10.4 Å². The van der Waals surface area contributed by atoms with Crippen LogP contribution in [0, 0.1) is 5.92 Å². The van der Waals surface area contributed by atoms with Crippen molar-refractivity contribution in [2.24, 2.45) is 5.92 Å². The van der Waals surface area contributed by atoms with E-state index >= 15 is 0 Å². The fraction of sp³-hybridized carbons (Fsp3) is 0.500.